The number of nitrogens with zero attached hydrogens (tertiary/aromatic N) is 1. The van der Waals surface area contributed by atoms with Crippen molar-refractivity contribution in [1.29, 1.82) is 0 Å². The number of hydrogen-bond donors (Lipinski definition) is 1. The van der Waals surface area contributed by atoms with Gasteiger partial charge in [0.1, 0.15) is 12.4 Å². The quantitative estimate of drug-likeness (QED) is 0.909. The molecular formula is C14H20BrClN2O. The lowest BCUT2D eigenvalue weighted by atomic mass is 9.95. The minimum absolute atomic E-state index is 0.350. The van der Waals surface area contributed by atoms with Gasteiger partial charge in [0.2, 0.25) is 0 Å². The third-order valence-electron chi connectivity index (χ3n) is 3.61. The van der Waals surface area contributed by atoms with Crippen LogP contribution in [0.25, 0.3) is 0 Å². The van der Waals surface area contributed by atoms with Gasteiger partial charge in [0.25, 0.3) is 0 Å². The molecule has 0 spiro atoms. The topological polar surface area (TPSA) is 38.5 Å². The van der Waals surface area contributed by atoms with Gasteiger partial charge in [-0.3, -0.25) is 4.90 Å². The Morgan fingerprint density at radius 1 is 1.53 bits per heavy atom. The molecule has 0 aromatic heterocycles. The summed E-state index contributed by atoms with van der Waals surface area (Å²) in [5.74, 6) is 1.40. The van der Waals surface area contributed by atoms with Crippen molar-refractivity contribution in [2.24, 2.45) is 11.7 Å². The molecule has 0 saturated carbocycles. The van der Waals surface area contributed by atoms with E-state index in [1.807, 2.05) is 18.2 Å². The van der Waals surface area contributed by atoms with Crippen LogP contribution in [0.4, 0.5) is 0 Å². The molecule has 1 fully saturated rings. The van der Waals surface area contributed by atoms with E-state index < -0.39 is 0 Å². The predicted octanol–water partition coefficient (Wildman–Crippen LogP) is 3.15. The van der Waals surface area contributed by atoms with Crippen molar-refractivity contribution in [3.05, 3.63) is 27.7 Å². The monoisotopic (exact) mass is 346 g/mol. The van der Waals surface area contributed by atoms with Gasteiger partial charge in [0, 0.05) is 24.2 Å². The molecule has 2 N–H and O–H groups in total. The highest BCUT2D eigenvalue weighted by Crippen LogP contribution is 2.28. The second-order valence-electron chi connectivity index (χ2n) is 5.15. The third kappa shape index (κ3) is 4.35. The Bertz CT molecular complexity index is 430. The molecule has 2 rings (SSSR count). The van der Waals surface area contributed by atoms with Gasteiger partial charge in [-0.15, -0.1) is 0 Å². The standard InChI is InChI=1S/C14H20BrClN2O/c1-10-9-18(5-4-13(10)17)6-7-19-14-3-2-11(16)8-12(14)15/h2-3,8,10,13H,4-7,9,17H2,1H3. The van der Waals surface area contributed by atoms with Crippen molar-refractivity contribution in [2.75, 3.05) is 26.2 Å². The molecule has 0 aliphatic carbocycles. The Labute approximate surface area is 128 Å². The number of nitrogens with two attached hydrogens (primary N) is 1. The lowest BCUT2D eigenvalue weighted by Gasteiger charge is -2.34. The SMILES string of the molecule is CC1CN(CCOc2ccc(Cl)cc2Br)CCC1N. The van der Waals surface area contributed by atoms with Gasteiger partial charge in [0.15, 0.2) is 0 Å². The van der Waals surface area contributed by atoms with Crippen LogP contribution in [0.1, 0.15) is 13.3 Å². The summed E-state index contributed by atoms with van der Waals surface area (Å²) >= 11 is 9.35. The van der Waals surface area contributed by atoms with Crippen LogP contribution in [0.5, 0.6) is 5.75 Å². The molecule has 3 nitrogen and oxygen atoms in total. The molecule has 1 aromatic rings. The van der Waals surface area contributed by atoms with E-state index in [0.717, 1.165) is 36.3 Å². The Balaban J connectivity index is 1.77. The molecule has 1 aromatic carbocycles. The van der Waals surface area contributed by atoms with Crippen molar-refractivity contribution in [3.63, 3.8) is 0 Å². The van der Waals surface area contributed by atoms with Gasteiger partial charge in [-0.1, -0.05) is 18.5 Å². The maximum atomic E-state index is 6.02. The normalized spacial score (nSPS) is 24.4. The lowest BCUT2D eigenvalue weighted by molar-refractivity contribution is 0.139. The molecule has 0 bridgehead atoms. The molecule has 19 heavy (non-hydrogen) atoms. The molecular weight excluding hydrogens is 328 g/mol. The van der Waals surface area contributed by atoms with Gasteiger partial charge < -0.3 is 10.5 Å². The van der Waals surface area contributed by atoms with Gasteiger partial charge >= 0.3 is 0 Å². The smallest absolute Gasteiger partial charge is 0.133 e. The van der Waals surface area contributed by atoms with Crippen LogP contribution >= 0.6 is 27.5 Å². The number of benzene rings is 1. The van der Waals surface area contributed by atoms with Crippen LogP contribution in [0.3, 0.4) is 0 Å². The number of halogens is 2. The molecule has 0 radical (unpaired) electrons. The maximum Gasteiger partial charge on any atom is 0.133 e. The molecule has 1 aliphatic rings. The minimum Gasteiger partial charge on any atom is -0.491 e. The van der Waals surface area contributed by atoms with Gasteiger partial charge in [-0.05, 0) is 53.0 Å². The Hall–Kier alpha value is -0.290. The molecule has 1 aliphatic heterocycles. The highest BCUT2D eigenvalue weighted by molar-refractivity contribution is 9.10. The van der Waals surface area contributed by atoms with E-state index in [9.17, 15) is 0 Å². The molecule has 106 valence electrons. The van der Waals surface area contributed by atoms with E-state index >= 15 is 0 Å². The lowest BCUT2D eigenvalue weighted by Crippen LogP contribution is -2.46. The summed E-state index contributed by atoms with van der Waals surface area (Å²) in [5, 5.41) is 0.707. The van der Waals surface area contributed by atoms with Crippen LogP contribution < -0.4 is 10.5 Å². The van der Waals surface area contributed by atoms with Crippen LogP contribution in [-0.2, 0) is 0 Å². The molecule has 1 heterocycles. The number of piperidine rings is 1. The summed E-state index contributed by atoms with van der Waals surface area (Å²) in [4.78, 5) is 2.41. The number of rotatable bonds is 4. The summed E-state index contributed by atoms with van der Waals surface area (Å²) in [6.45, 7) is 5.96. The number of ether oxygens (including phenoxy) is 1. The number of hydrogen-bond acceptors (Lipinski definition) is 3. The van der Waals surface area contributed by atoms with Gasteiger partial charge in [0.05, 0.1) is 4.47 Å². The van der Waals surface area contributed by atoms with E-state index in [0.29, 0.717) is 23.6 Å². The first-order valence-corrected chi connectivity index (χ1v) is 7.79. The van der Waals surface area contributed by atoms with Gasteiger partial charge in [-0.25, -0.2) is 0 Å². The first kappa shape index (κ1) is 15.1. The van der Waals surface area contributed by atoms with Crippen molar-refractivity contribution < 1.29 is 4.74 Å². The zero-order chi connectivity index (χ0) is 13.8. The second-order valence-corrected chi connectivity index (χ2v) is 6.44. The van der Waals surface area contributed by atoms with Gasteiger partial charge in [-0.2, -0.15) is 0 Å². The Morgan fingerprint density at radius 3 is 3.00 bits per heavy atom. The summed E-state index contributed by atoms with van der Waals surface area (Å²) in [6.07, 6.45) is 1.08. The molecule has 2 unspecified atom stereocenters. The predicted molar refractivity (Wildman–Crippen MR) is 82.8 cm³/mol. The average molecular weight is 348 g/mol. The second kappa shape index (κ2) is 6.93. The molecule has 5 heteroatoms. The third-order valence-corrected chi connectivity index (χ3v) is 4.47. The van der Waals surface area contributed by atoms with Crippen LogP contribution in [0, 0.1) is 5.92 Å². The Morgan fingerprint density at radius 2 is 2.32 bits per heavy atom. The fourth-order valence-corrected chi connectivity index (χ4v) is 3.13. The fourth-order valence-electron chi connectivity index (χ4n) is 2.33. The van der Waals surface area contributed by atoms with Crippen molar-refractivity contribution in [1.82, 2.24) is 4.90 Å². The van der Waals surface area contributed by atoms with E-state index in [1.54, 1.807) is 0 Å². The van der Waals surface area contributed by atoms with Crippen LogP contribution in [-0.4, -0.2) is 37.2 Å². The zero-order valence-corrected chi connectivity index (χ0v) is 13.5. The largest absolute Gasteiger partial charge is 0.491 e. The minimum atomic E-state index is 0.350. The fraction of sp³-hybridized carbons (Fsp3) is 0.571. The van der Waals surface area contributed by atoms with Crippen molar-refractivity contribution in [3.8, 4) is 5.75 Å². The summed E-state index contributed by atoms with van der Waals surface area (Å²) in [6, 6.07) is 5.92. The van der Waals surface area contributed by atoms with Crippen LogP contribution in [0.15, 0.2) is 22.7 Å². The summed E-state index contributed by atoms with van der Waals surface area (Å²) in [7, 11) is 0. The van der Waals surface area contributed by atoms with E-state index in [2.05, 4.69) is 27.8 Å². The molecule has 0 amide bonds. The summed E-state index contributed by atoms with van der Waals surface area (Å²) < 4.78 is 6.68. The molecule has 2 atom stereocenters. The van der Waals surface area contributed by atoms with Crippen molar-refractivity contribution in [2.45, 2.75) is 19.4 Å². The van der Waals surface area contributed by atoms with E-state index in [-0.39, 0.29) is 0 Å². The average Bonchev–Trinajstić information content (AvgIpc) is 2.36. The van der Waals surface area contributed by atoms with E-state index in [1.165, 1.54) is 0 Å². The molecule has 1 saturated heterocycles. The highest BCUT2D eigenvalue weighted by atomic mass is 79.9. The van der Waals surface area contributed by atoms with Crippen molar-refractivity contribution >= 4 is 27.5 Å². The number of likely N-dealkylation sites (tertiary alicyclic amines) is 1. The first-order chi connectivity index (χ1) is 9.06. The first-order valence-electron chi connectivity index (χ1n) is 6.62. The highest BCUT2D eigenvalue weighted by Gasteiger charge is 2.22. The van der Waals surface area contributed by atoms with Crippen LogP contribution in [0.2, 0.25) is 5.02 Å². The zero-order valence-electron chi connectivity index (χ0n) is 11.1. The Kier molecular flexibility index (Phi) is 5.51. The van der Waals surface area contributed by atoms with E-state index in [4.69, 9.17) is 22.1 Å². The maximum absolute atomic E-state index is 6.02. The summed E-state index contributed by atoms with van der Waals surface area (Å²) in [5.41, 5.74) is 6.02.